The van der Waals surface area contributed by atoms with Crippen molar-refractivity contribution in [3.8, 4) is 0 Å². The smallest absolute Gasteiger partial charge is 0.339 e. The Morgan fingerprint density at radius 3 is 2.50 bits per heavy atom. The first-order chi connectivity index (χ1) is 10.9. The second-order valence-electron chi connectivity index (χ2n) is 5.67. The number of hydrogen-bond donors (Lipinski definition) is 0. The number of alkyl halides is 3. The number of sulfonamides is 1. The van der Waals surface area contributed by atoms with E-state index in [4.69, 9.17) is 11.6 Å². The van der Waals surface area contributed by atoms with Gasteiger partial charge < -0.3 is 4.90 Å². The number of rotatable bonds is 4. The number of amides is 1. The molecule has 0 aliphatic carbocycles. The van der Waals surface area contributed by atoms with Gasteiger partial charge in [-0.15, -0.1) is 0 Å². The molecular weight excluding hydrogens is 373 g/mol. The third-order valence-corrected chi connectivity index (χ3v) is 6.29. The second kappa shape index (κ2) is 6.52. The molecule has 24 heavy (non-hydrogen) atoms. The van der Waals surface area contributed by atoms with E-state index in [0.29, 0.717) is 0 Å². The van der Waals surface area contributed by atoms with E-state index in [1.54, 1.807) is 0 Å². The molecule has 1 saturated heterocycles. The van der Waals surface area contributed by atoms with E-state index in [2.05, 4.69) is 5.10 Å². The Balaban J connectivity index is 2.21. The molecule has 0 unspecified atom stereocenters. The molecule has 7 nitrogen and oxygen atoms in total. The summed E-state index contributed by atoms with van der Waals surface area (Å²) in [5.41, 5.74) is 0. The van der Waals surface area contributed by atoms with Crippen molar-refractivity contribution in [3.05, 3.63) is 17.4 Å². The van der Waals surface area contributed by atoms with E-state index in [0.717, 1.165) is 9.21 Å². The predicted molar refractivity (Wildman–Crippen MR) is 79.8 cm³/mol. The van der Waals surface area contributed by atoms with E-state index in [1.165, 1.54) is 31.2 Å². The van der Waals surface area contributed by atoms with Gasteiger partial charge in [0.25, 0.3) is 0 Å². The lowest BCUT2D eigenvalue weighted by Gasteiger charge is -2.23. The van der Waals surface area contributed by atoms with Crippen molar-refractivity contribution >= 4 is 27.5 Å². The van der Waals surface area contributed by atoms with Gasteiger partial charge in [-0.05, 0) is 0 Å². The van der Waals surface area contributed by atoms with Crippen LogP contribution in [0, 0.1) is 5.92 Å². The van der Waals surface area contributed by atoms with E-state index in [9.17, 15) is 26.4 Å². The van der Waals surface area contributed by atoms with Gasteiger partial charge in [-0.25, -0.2) is 12.7 Å². The highest BCUT2D eigenvalue weighted by atomic mass is 35.5. The van der Waals surface area contributed by atoms with Crippen LogP contribution in [0.15, 0.2) is 12.4 Å². The Kier molecular flexibility index (Phi) is 5.17. The normalized spacial score (nSPS) is 22.4. The van der Waals surface area contributed by atoms with E-state index in [-0.39, 0.29) is 11.6 Å². The summed E-state index contributed by atoms with van der Waals surface area (Å²) in [5, 5.41) is 2.34. The number of nitrogens with zero attached hydrogens (tertiary/aromatic N) is 4. The topological polar surface area (TPSA) is 75.5 Å². The number of carbonyl (C=O) groups is 1. The minimum Gasteiger partial charge on any atom is -0.339 e. The summed E-state index contributed by atoms with van der Waals surface area (Å²) in [6.45, 7) is -1.53. The fraction of sp³-hybridized carbons (Fsp3) is 0.667. The van der Waals surface area contributed by atoms with Gasteiger partial charge in [-0.2, -0.15) is 18.3 Å². The van der Waals surface area contributed by atoms with Crippen molar-refractivity contribution in [2.45, 2.75) is 18.0 Å². The minimum absolute atomic E-state index is 0.283. The van der Waals surface area contributed by atoms with Crippen LogP contribution in [-0.2, 0) is 21.4 Å². The summed E-state index contributed by atoms with van der Waals surface area (Å²) in [6, 6.07) is 0. The number of aromatic nitrogens is 2. The lowest BCUT2D eigenvalue weighted by molar-refractivity contribution is -0.170. The highest BCUT2D eigenvalue weighted by Crippen LogP contribution is 2.37. The summed E-state index contributed by atoms with van der Waals surface area (Å²) in [6.07, 6.45) is -2.08. The molecule has 0 bridgehead atoms. The van der Waals surface area contributed by atoms with E-state index >= 15 is 0 Å². The Morgan fingerprint density at radius 2 is 2.04 bits per heavy atom. The maximum Gasteiger partial charge on any atom is 0.394 e. The largest absolute Gasteiger partial charge is 0.394 e. The van der Waals surface area contributed by atoms with Crippen molar-refractivity contribution in [2.24, 2.45) is 5.92 Å². The predicted octanol–water partition coefficient (Wildman–Crippen LogP) is 0.817. The molecule has 12 heteroatoms. The first-order valence-corrected chi connectivity index (χ1v) is 8.75. The van der Waals surface area contributed by atoms with E-state index < -0.39 is 46.4 Å². The van der Waals surface area contributed by atoms with Gasteiger partial charge in [0.15, 0.2) is 0 Å². The zero-order valence-corrected chi connectivity index (χ0v) is 14.4. The van der Waals surface area contributed by atoms with Crippen LogP contribution in [0.4, 0.5) is 13.2 Å². The van der Waals surface area contributed by atoms with Crippen molar-refractivity contribution in [1.29, 1.82) is 0 Å². The summed E-state index contributed by atoms with van der Waals surface area (Å²) >= 11 is 5.66. The molecule has 1 aliphatic heterocycles. The zero-order chi connectivity index (χ0) is 18.3. The fourth-order valence-corrected chi connectivity index (χ4v) is 4.25. The molecule has 1 aliphatic rings. The Bertz CT molecular complexity index is 719. The number of likely N-dealkylation sites (tertiary alicyclic amines) is 1. The SMILES string of the molecule is CN(C)S(=O)(=O)[C@@H]1CN(C(=O)Cn2cc(Cl)cn2)C[C@H]1C(F)(F)F. The molecule has 1 aromatic rings. The average molecular weight is 389 g/mol. The van der Waals surface area contributed by atoms with E-state index in [1.807, 2.05) is 0 Å². The molecule has 0 radical (unpaired) electrons. The van der Waals surface area contributed by atoms with Gasteiger partial charge >= 0.3 is 6.18 Å². The average Bonchev–Trinajstić information content (AvgIpc) is 3.04. The molecule has 1 amide bonds. The number of halogens is 4. The van der Waals surface area contributed by atoms with Crippen LogP contribution in [0.3, 0.4) is 0 Å². The Labute approximate surface area is 142 Å². The first kappa shape index (κ1) is 19.0. The van der Waals surface area contributed by atoms with Gasteiger partial charge in [0.2, 0.25) is 15.9 Å². The van der Waals surface area contributed by atoms with Crippen LogP contribution in [0.2, 0.25) is 5.02 Å². The standard InChI is InChI=1S/C12H16ClF3N4O3S/c1-18(2)24(22,23)10-6-19(5-9(10)12(14,15)16)11(21)7-20-4-8(13)3-17-20/h3-4,9-10H,5-7H2,1-2H3/t9-,10-/m1/s1. The third kappa shape index (κ3) is 3.83. The van der Waals surface area contributed by atoms with Gasteiger partial charge in [-0.3, -0.25) is 9.48 Å². The van der Waals surface area contributed by atoms with Crippen LogP contribution in [0.25, 0.3) is 0 Å². The lowest BCUT2D eigenvalue weighted by Crippen LogP contribution is -2.43. The molecule has 2 atom stereocenters. The number of carbonyl (C=O) groups excluding carboxylic acids is 1. The van der Waals surface area contributed by atoms with Crippen molar-refractivity contribution in [2.75, 3.05) is 27.2 Å². The third-order valence-electron chi connectivity index (χ3n) is 3.83. The van der Waals surface area contributed by atoms with Gasteiger partial charge in [0.1, 0.15) is 11.8 Å². The van der Waals surface area contributed by atoms with Gasteiger partial charge in [0, 0.05) is 33.4 Å². The van der Waals surface area contributed by atoms with Gasteiger partial charge in [0.05, 0.1) is 17.1 Å². The number of hydrogen-bond acceptors (Lipinski definition) is 4. The highest BCUT2D eigenvalue weighted by molar-refractivity contribution is 7.89. The fourth-order valence-electron chi connectivity index (χ4n) is 2.53. The molecule has 0 aromatic carbocycles. The quantitative estimate of drug-likeness (QED) is 0.765. The summed E-state index contributed by atoms with van der Waals surface area (Å²) in [5.74, 6) is -2.78. The lowest BCUT2D eigenvalue weighted by atomic mass is 10.1. The molecule has 1 fully saturated rings. The summed E-state index contributed by atoms with van der Waals surface area (Å²) in [4.78, 5) is 13.1. The summed E-state index contributed by atoms with van der Waals surface area (Å²) in [7, 11) is -1.84. The van der Waals surface area contributed by atoms with Crippen molar-refractivity contribution < 1.29 is 26.4 Å². The molecule has 0 saturated carbocycles. The maximum absolute atomic E-state index is 13.2. The molecule has 0 spiro atoms. The van der Waals surface area contributed by atoms with Crippen LogP contribution in [-0.4, -0.2) is 71.9 Å². The highest BCUT2D eigenvalue weighted by Gasteiger charge is 2.55. The van der Waals surface area contributed by atoms with Crippen LogP contribution >= 0.6 is 11.6 Å². The zero-order valence-electron chi connectivity index (χ0n) is 12.9. The molecule has 1 aromatic heterocycles. The minimum atomic E-state index is -4.72. The van der Waals surface area contributed by atoms with Crippen LogP contribution < -0.4 is 0 Å². The van der Waals surface area contributed by atoms with Gasteiger partial charge in [-0.1, -0.05) is 11.6 Å². The summed E-state index contributed by atoms with van der Waals surface area (Å²) < 4.78 is 65.9. The van der Waals surface area contributed by atoms with Crippen LogP contribution in [0.5, 0.6) is 0 Å². The second-order valence-corrected chi connectivity index (χ2v) is 8.47. The maximum atomic E-state index is 13.2. The molecule has 136 valence electrons. The monoisotopic (exact) mass is 388 g/mol. The first-order valence-electron chi connectivity index (χ1n) is 6.86. The Morgan fingerprint density at radius 1 is 1.42 bits per heavy atom. The van der Waals surface area contributed by atoms with Crippen LogP contribution in [0.1, 0.15) is 0 Å². The molecule has 0 N–H and O–H groups in total. The molecular formula is C12H16ClF3N4O3S. The van der Waals surface area contributed by atoms with Crippen molar-refractivity contribution in [1.82, 2.24) is 19.0 Å². The Hall–Kier alpha value is -1.33. The van der Waals surface area contributed by atoms with Crippen molar-refractivity contribution in [3.63, 3.8) is 0 Å². The molecule has 2 heterocycles. The molecule has 2 rings (SSSR count).